The highest BCUT2D eigenvalue weighted by Crippen LogP contribution is 2.29. The van der Waals surface area contributed by atoms with Crippen LogP contribution in [0, 0.1) is 5.41 Å². The minimum Gasteiger partial charge on any atom is -0.512 e. The maximum Gasteiger partial charge on any atom is 0.0907 e. The van der Waals surface area contributed by atoms with Crippen LogP contribution in [0.25, 0.3) is 0 Å². The summed E-state index contributed by atoms with van der Waals surface area (Å²) in [7, 11) is 0. The Morgan fingerprint density at radius 1 is 1.15 bits per heavy atom. The zero-order valence-electron chi connectivity index (χ0n) is 8.84. The van der Waals surface area contributed by atoms with Gasteiger partial charge < -0.3 is 10.2 Å². The number of aliphatic hydroxyl groups excluding tert-OH is 2. The molecule has 2 N–H and O–H groups in total. The van der Waals surface area contributed by atoms with E-state index >= 15 is 0 Å². The molecule has 0 amide bonds. The molecule has 0 radical (unpaired) electrons. The molecule has 0 heterocycles. The van der Waals surface area contributed by atoms with Crippen molar-refractivity contribution < 1.29 is 10.2 Å². The third-order valence-electron chi connectivity index (χ3n) is 2.49. The summed E-state index contributed by atoms with van der Waals surface area (Å²) in [5.41, 5.74) is -0.154. The summed E-state index contributed by atoms with van der Waals surface area (Å²) in [6, 6.07) is 0. The number of hydrogen-bond acceptors (Lipinski definition) is 2. The molecule has 0 bridgehead atoms. The molecular formula is C11H22O2. The fourth-order valence-corrected chi connectivity index (χ4v) is 1.18. The van der Waals surface area contributed by atoms with Crippen LogP contribution in [0.2, 0.25) is 0 Å². The molecular weight excluding hydrogens is 164 g/mol. The van der Waals surface area contributed by atoms with Crippen LogP contribution < -0.4 is 0 Å². The Balaban J connectivity index is 3.46. The van der Waals surface area contributed by atoms with Crippen molar-refractivity contribution in [2.75, 3.05) is 6.61 Å². The van der Waals surface area contributed by atoms with E-state index in [0.29, 0.717) is 0 Å². The molecule has 0 aromatic carbocycles. The lowest BCUT2D eigenvalue weighted by atomic mass is 9.85. The van der Waals surface area contributed by atoms with Crippen molar-refractivity contribution in [2.45, 2.75) is 46.0 Å². The number of rotatable bonds is 7. The molecule has 0 saturated heterocycles. The van der Waals surface area contributed by atoms with E-state index in [1.807, 2.05) is 13.8 Å². The lowest BCUT2D eigenvalue weighted by molar-refractivity contribution is 0.238. The standard InChI is InChI=1S/C11H22O2/c1-10(13)11(2,3)8-6-4-5-7-9-12/h12-13H,1,4-9H2,2-3H3. The first-order chi connectivity index (χ1) is 6.00. The lowest BCUT2D eigenvalue weighted by Crippen LogP contribution is -2.13. The van der Waals surface area contributed by atoms with E-state index in [1.165, 1.54) is 0 Å². The SMILES string of the molecule is C=C(O)C(C)(C)CCCCCCO. The highest BCUT2D eigenvalue weighted by Gasteiger charge is 2.20. The number of hydrogen-bond donors (Lipinski definition) is 2. The van der Waals surface area contributed by atoms with Crippen LogP contribution >= 0.6 is 0 Å². The predicted octanol–water partition coefficient (Wildman–Crippen LogP) is 3.03. The summed E-state index contributed by atoms with van der Waals surface area (Å²) in [5, 5.41) is 17.8. The van der Waals surface area contributed by atoms with Gasteiger partial charge in [-0.2, -0.15) is 0 Å². The predicted molar refractivity (Wildman–Crippen MR) is 55.7 cm³/mol. The van der Waals surface area contributed by atoms with Crippen molar-refractivity contribution >= 4 is 0 Å². The molecule has 0 aliphatic rings. The molecule has 0 saturated carbocycles. The largest absolute Gasteiger partial charge is 0.512 e. The molecule has 0 unspecified atom stereocenters. The molecule has 0 rings (SSSR count). The van der Waals surface area contributed by atoms with Crippen LogP contribution in [0.3, 0.4) is 0 Å². The fraction of sp³-hybridized carbons (Fsp3) is 0.818. The monoisotopic (exact) mass is 186 g/mol. The minimum atomic E-state index is -0.154. The lowest BCUT2D eigenvalue weighted by Gasteiger charge is -2.22. The van der Waals surface area contributed by atoms with Gasteiger partial charge in [0.15, 0.2) is 0 Å². The summed E-state index contributed by atoms with van der Waals surface area (Å²) < 4.78 is 0. The molecule has 0 aromatic rings. The second-order valence-electron chi connectivity index (χ2n) is 4.22. The van der Waals surface area contributed by atoms with Gasteiger partial charge in [0.1, 0.15) is 0 Å². The molecule has 13 heavy (non-hydrogen) atoms. The van der Waals surface area contributed by atoms with Crippen molar-refractivity contribution in [3.63, 3.8) is 0 Å². The van der Waals surface area contributed by atoms with Crippen LogP contribution in [0.5, 0.6) is 0 Å². The van der Waals surface area contributed by atoms with Crippen LogP contribution in [-0.2, 0) is 0 Å². The van der Waals surface area contributed by atoms with Crippen molar-refractivity contribution in [2.24, 2.45) is 5.41 Å². The minimum absolute atomic E-state index is 0.154. The van der Waals surface area contributed by atoms with Crippen molar-refractivity contribution in [3.05, 3.63) is 12.3 Å². The van der Waals surface area contributed by atoms with E-state index < -0.39 is 0 Å². The van der Waals surface area contributed by atoms with Crippen LogP contribution in [-0.4, -0.2) is 16.8 Å². The molecule has 0 aliphatic carbocycles. The second-order valence-corrected chi connectivity index (χ2v) is 4.22. The zero-order valence-corrected chi connectivity index (χ0v) is 8.84. The third-order valence-corrected chi connectivity index (χ3v) is 2.49. The maximum absolute atomic E-state index is 9.25. The van der Waals surface area contributed by atoms with E-state index in [9.17, 15) is 5.11 Å². The van der Waals surface area contributed by atoms with Crippen LogP contribution in [0.4, 0.5) is 0 Å². The summed E-state index contributed by atoms with van der Waals surface area (Å²) in [4.78, 5) is 0. The van der Waals surface area contributed by atoms with Gasteiger partial charge in [0, 0.05) is 12.0 Å². The number of aliphatic hydroxyl groups is 2. The van der Waals surface area contributed by atoms with Crippen molar-refractivity contribution in [3.8, 4) is 0 Å². The first kappa shape index (κ1) is 12.5. The second kappa shape index (κ2) is 6.03. The molecule has 2 nitrogen and oxygen atoms in total. The Bertz CT molecular complexity index is 150. The van der Waals surface area contributed by atoms with Gasteiger partial charge in [-0.3, -0.25) is 0 Å². The van der Waals surface area contributed by atoms with Crippen LogP contribution in [0.1, 0.15) is 46.0 Å². The molecule has 0 atom stereocenters. The van der Waals surface area contributed by atoms with Crippen molar-refractivity contribution in [1.29, 1.82) is 0 Å². The molecule has 0 fully saturated rings. The smallest absolute Gasteiger partial charge is 0.0907 e. The van der Waals surface area contributed by atoms with Gasteiger partial charge in [-0.25, -0.2) is 0 Å². The quantitative estimate of drug-likeness (QED) is 0.474. The Morgan fingerprint density at radius 3 is 2.15 bits per heavy atom. The van der Waals surface area contributed by atoms with Gasteiger partial charge in [0.05, 0.1) is 5.76 Å². The first-order valence-corrected chi connectivity index (χ1v) is 5.00. The summed E-state index contributed by atoms with van der Waals surface area (Å²) >= 11 is 0. The Hall–Kier alpha value is -0.500. The molecule has 2 heteroatoms. The average Bonchev–Trinajstić information content (AvgIpc) is 2.03. The number of allylic oxidation sites excluding steroid dienone is 1. The van der Waals surface area contributed by atoms with E-state index in [4.69, 9.17) is 5.11 Å². The van der Waals surface area contributed by atoms with Crippen LogP contribution in [0.15, 0.2) is 12.3 Å². The number of unbranched alkanes of at least 4 members (excludes halogenated alkanes) is 3. The highest BCUT2D eigenvalue weighted by atomic mass is 16.3. The summed E-state index contributed by atoms with van der Waals surface area (Å²) in [6.45, 7) is 7.85. The van der Waals surface area contributed by atoms with Gasteiger partial charge in [-0.1, -0.05) is 39.7 Å². The zero-order chi connectivity index (χ0) is 10.3. The normalized spacial score (nSPS) is 11.6. The van der Waals surface area contributed by atoms with E-state index in [-0.39, 0.29) is 17.8 Å². The van der Waals surface area contributed by atoms with Gasteiger partial charge in [0.2, 0.25) is 0 Å². The molecule has 78 valence electrons. The third kappa shape index (κ3) is 5.69. The average molecular weight is 186 g/mol. The maximum atomic E-state index is 9.25. The van der Waals surface area contributed by atoms with Gasteiger partial charge >= 0.3 is 0 Å². The van der Waals surface area contributed by atoms with Gasteiger partial charge in [-0.15, -0.1) is 0 Å². The topological polar surface area (TPSA) is 40.5 Å². The Labute approximate surface area is 81.3 Å². The Morgan fingerprint density at radius 2 is 1.69 bits per heavy atom. The van der Waals surface area contributed by atoms with E-state index in [1.54, 1.807) is 0 Å². The van der Waals surface area contributed by atoms with Gasteiger partial charge in [0.25, 0.3) is 0 Å². The first-order valence-electron chi connectivity index (χ1n) is 5.00. The molecule has 0 aromatic heterocycles. The van der Waals surface area contributed by atoms with Gasteiger partial charge in [-0.05, 0) is 12.8 Å². The van der Waals surface area contributed by atoms with E-state index in [2.05, 4.69) is 6.58 Å². The summed E-state index contributed by atoms with van der Waals surface area (Å²) in [6.07, 6.45) is 5.14. The highest BCUT2D eigenvalue weighted by molar-refractivity contribution is 4.95. The Kier molecular flexibility index (Phi) is 5.80. The van der Waals surface area contributed by atoms with Crippen molar-refractivity contribution in [1.82, 2.24) is 0 Å². The molecule has 0 aliphatic heterocycles. The summed E-state index contributed by atoms with van der Waals surface area (Å²) in [5.74, 6) is 0.273. The molecule has 0 spiro atoms. The van der Waals surface area contributed by atoms with E-state index in [0.717, 1.165) is 32.1 Å². The fourth-order valence-electron chi connectivity index (χ4n) is 1.18.